The second kappa shape index (κ2) is 5.79. The van der Waals surface area contributed by atoms with Crippen molar-refractivity contribution in [1.29, 1.82) is 0 Å². The van der Waals surface area contributed by atoms with Crippen LogP contribution >= 0.6 is 0 Å². The van der Waals surface area contributed by atoms with Gasteiger partial charge in [0.1, 0.15) is 12.0 Å². The summed E-state index contributed by atoms with van der Waals surface area (Å²) in [4.78, 5) is 10.2. The van der Waals surface area contributed by atoms with E-state index in [9.17, 15) is 13.2 Å². The summed E-state index contributed by atoms with van der Waals surface area (Å²) in [5.74, 6) is 0.606. The lowest BCUT2D eigenvalue weighted by molar-refractivity contribution is -0.106. The number of carbonyl (C=O) groups is 1. The van der Waals surface area contributed by atoms with E-state index in [0.29, 0.717) is 12.0 Å². The number of benzene rings is 1. The van der Waals surface area contributed by atoms with E-state index in [4.69, 9.17) is 4.74 Å². The maximum absolute atomic E-state index is 11.6. The van der Waals surface area contributed by atoms with Crippen LogP contribution < -0.4 is 9.46 Å². The normalized spacial score (nSPS) is 11.5. The summed E-state index contributed by atoms with van der Waals surface area (Å²) in [6, 6.07) is 6.03. The van der Waals surface area contributed by atoms with Crippen molar-refractivity contribution in [2.24, 2.45) is 0 Å². The van der Waals surface area contributed by atoms with Gasteiger partial charge in [-0.1, -0.05) is 0 Å². The standard InChI is InChI=1S/C11H15NO4S/c1-9(2)16-10-3-5-11(6-4-10)17(14,15)12-7-8-13/h3-6,8-9,12H,7H2,1-2H3. The first-order valence-corrected chi connectivity index (χ1v) is 6.64. The number of rotatable bonds is 6. The summed E-state index contributed by atoms with van der Waals surface area (Å²) < 4.78 is 30.8. The zero-order valence-corrected chi connectivity index (χ0v) is 10.5. The molecule has 17 heavy (non-hydrogen) atoms. The van der Waals surface area contributed by atoms with Crippen LogP contribution in [-0.2, 0) is 14.8 Å². The molecule has 0 amide bonds. The minimum Gasteiger partial charge on any atom is -0.491 e. The molecule has 0 saturated heterocycles. The molecule has 0 aliphatic rings. The Hall–Kier alpha value is -1.40. The third-order valence-corrected chi connectivity index (χ3v) is 3.30. The van der Waals surface area contributed by atoms with Crippen molar-refractivity contribution < 1.29 is 17.9 Å². The van der Waals surface area contributed by atoms with E-state index in [2.05, 4.69) is 4.72 Å². The Balaban J connectivity index is 2.83. The largest absolute Gasteiger partial charge is 0.491 e. The molecule has 0 heterocycles. The van der Waals surface area contributed by atoms with Gasteiger partial charge < -0.3 is 9.53 Å². The molecule has 6 heteroatoms. The SMILES string of the molecule is CC(C)Oc1ccc(S(=O)(=O)NCC=O)cc1. The van der Waals surface area contributed by atoms with E-state index in [-0.39, 0.29) is 17.5 Å². The lowest BCUT2D eigenvalue weighted by Gasteiger charge is -2.10. The number of nitrogens with one attached hydrogen (secondary N) is 1. The van der Waals surface area contributed by atoms with Crippen LogP contribution in [0.5, 0.6) is 5.75 Å². The second-order valence-electron chi connectivity index (χ2n) is 3.66. The molecule has 0 aromatic heterocycles. The average Bonchev–Trinajstić information content (AvgIpc) is 2.26. The zero-order valence-electron chi connectivity index (χ0n) is 9.71. The summed E-state index contributed by atoms with van der Waals surface area (Å²) in [5, 5.41) is 0. The predicted octanol–water partition coefficient (Wildman–Crippen LogP) is 0.951. The van der Waals surface area contributed by atoms with Crippen molar-refractivity contribution in [3.05, 3.63) is 24.3 Å². The average molecular weight is 257 g/mol. The Morgan fingerprint density at radius 1 is 1.29 bits per heavy atom. The molecule has 0 unspecified atom stereocenters. The number of sulfonamides is 1. The quantitative estimate of drug-likeness (QED) is 0.770. The van der Waals surface area contributed by atoms with Crippen LogP contribution in [-0.4, -0.2) is 27.4 Å². The van der Waals surface area contributed by atoms with Crippen LogP contribution in [0.2, 0.25) is 0 Å². The molecular weight excluding hydrogens is 242 g/mol. The van der Waals surface area contributed by atoms with Gasteiger partial charge in [0.2, 0.25) is 10.0 Å². The molecular formula is C11H15NO4S. The number of ether oxygens (including phenoxy) is 1. The summed E-state index contributed by atoms with van der Waals surface area (Å²) in [6.07, 6.45) is 0.527. The number of hydrogen-bond acceptors (Lipinski definition) is 4. The van der Waals surface area contributed by atoms with Crippen LogP contribution in [0.3, 0.4) is 0 Å². The molecule has 0 aliphatic carbocycles. The maximum Gasteiger partial charge on any atom is 0.240 e. The monoisotopic (exact) mass is 257 g/mol. The highest BCUT2D eigenvalue weighted by Crippen LogP contribution is 2.16. The van der Waals surface area contributed by atoms with Gasteiger partial charge in [0.05, 0.1) is 17.5 Å². The first-order valence-electron chi connectivity index (χ1n) is 5.15. The molecule has 1 rings (SSSR count). The summed E-state index contributed by atoms with van der Waals surface area (Å²) in [6.45, 7) is 3.54. The summed E-state index contributed by atoms with van der Waals surface area (Å²) >= 11 is 0. The van der Waals surface area contributed by atoms with E-state index in [1.807, 2.05) is 13.8 Å². The molecule has 0 saturated carbocycles. The molecule has 5 nitrogen and oxygen atoms in total. The fourth-order valence-electron chi connectivity index (χ4n) is 1.20. The van der Waals surface area contributed by atoms with Gasteiger partial charge in [-0.3, -0.25) is 0 Å². The highest BCUT2D eigenvalue weighted by Gasteiger charge is 2.12. The van der Waals surface area contributed by atoms with Crippen LogP contribution in [0.4, 0.5) is 0 Å². The highest BCUT2D eigenvalue weighted by atomic mass is 32.2. The first-order chi connectivity index (χ1) is 7.95. The Labute approximate surface area is 101 Å². The van der Waals surface area contributed by atoms with E-state index in [1.54, 1.807) is 12.1 Å². The fourth-order valence-corrected chi connectivity index (χ4v) is 2.15. The number of hydrogen-bond donors (Lipinski definition) is 1. The molecule has 94 valence electrons. The molecule has 0 atom stereocenters. The number of carbonyl (C=O) groups excluding carboxylic acids is 1. The van der Waals surface area contributed by atoms with Gasteiger partial charge in [-0.05, 0) is 38.1 Å². The molecule has 1 aromatic carbocycles. The van der Waals surface area contributed by atoms with Gasteiger partial charge in [0.15, 0.2) is 0 Å². The first kappa shape index (κ1) is 13.7. The lowest BCUT2D eigenvalue weighted by Crippen LogP contribution is -2.25. The van der Waals surface area contributed by atoms with Gasteiger partial charge in [-0.15, -0.1) is 0 Å². The molecule has 1 N–H and O–H groups in total. The van der Waals surface area contributed by atoms with Crippen molar-refractivity contribution in [3.63, 3.8) is 0 Å². The van der Waals surface area contributed by atoms with Crippen LogP contribution in [0.1, 0.15) is 13.8 Å². The van der Waals surface area contributed by atoms with Crippen LogP contribution in [0.15, 0.2) is 29.2 Å². The van der Waals surface area contributed by atoms with Gasteiger partial charge in [0, 0.05) is 0 Å². The Morgan fingerprint density at radius 3 is 2.35 bits per heavy atom. The third kappa shape index (κ3) is 4.16. The minimum atomic E-state index is -3.60. The van der Waals surface area contributed by atoms with Gasteiger partial charge in [0.25, 0.3) is 0 Å². The van der Waals surface area contributed by atoms with Crippen LogP contribution in [0.25, 0.3) is 0 Å². The molecule has 1 aromatic rings. The predicted molar refractivity (Wildman–Crippen MR) is 63.5 cm³/mol. The van der Waals surface area contributed by atoms with E-state index in [1.165, 1.54) is 12.1 Å². The van der Waals surface area contributed by atoms with E-state index < -0.39 is 10.0 Å². The third-order valence-electron chi connectivity index (χ3n) is 1.86. The lowest BCUT2D eigenvalue weighted by atomic mass is 10.3. The topological polar surface area (TPSA) is 72.5 Å². The van der Waals surface area contributed by atoms with Gasteiger partial charge in [-0.2, -0.15) is 0 Å². The highest BCUT2D eigenvalue weighted by molar-refractivity contribution is 7.89. The molecule has 0 bridgehead atoms. The Morgan fingerprint density at radius 2 is 1.88 bits per heavy atom. The van der Waals surface area contributed by atoms with E-state index in [0.717, 1.165) is 0 Å². The smallest absolute Gasteiger partial charge is 0.240 e. The molecule has 0 radical (unpaired) electrons. The maximum atomic E-state index is 11.6. The number of aldehydes is 1. The van der Waals surface area contributed by atoms with E-state index >= 15 is 0 Å². The van der Waals surface area contributed by atoms with Gasteiger partial charge >= 0.3 is 0 Å². The Bertz CT molecular complexity index is 465. The molecule has 0 fully saturated rings. The molecule has 0 spiro atoms. The van der Waals surface area contributed by atoms with Crippen molar-refractivity contribution in [3.8, 4) is 5.75 Å². The van der Waals surface area contributed by atoms with Gasteiger partial charge in [-0.25, -0.2) is 13.1 Å². The fraction of sp³-hybridized carbons (Fsp3) is 0.364. The summed E-state index contributed by atoms with van der Waals surface area (Å²) in [5.41, 5.74) is 0. The van der Waals surface area contributed by atoms with Crippen molar-refractivity contribution >= 4 is 16.3 Å². The molecule has 0 aliphatic heterocycles. The Kier molecular flexibility index (Phi) is 4.65. The van der Waals surface area contributed by atoms with Crippen molar-refractivity contribution in [2.45, 2.75) is 24.8 Å². The second-order valence-corrected chi connectivity index (χ2v) is 5.42. The minimum absolute atomic E-state index is 0.0330. The summed E-state index contributed by atoms with van der Waals surface area (Å²) in [7, 11) is -3.60. The zero-order chi connectivity index (χ0) is 12.9. The van der Waals surface area contributed by atoms with Crippen LogP contribution in [0, 0.1) is 0 Å². The van der Waals surface area contributed by atoms with Crippen molar-refractivity contribution in [2.75, 3.05) is 6.54 Å². The van der Waals surface area contributed by atoms with Crippen molar-refractivity contribution in [1.82, 2.24) is 4.72 Å².